The molecule has 6 heteroatoms. The normalized spacial score (nSPS) is 17.8. The van der Waals surface area contributed by atoms with Crippen LogP contribution < -0.4 is 10.1 Å². The molecule has 1 aliphatic rings. The Morgan fingerprint density at radius 3 is 2.55 bits per heavy atom. The van der Waals surface area contributed by atoms with Crippen LogP contribution in [-0.4, -0.2) is 36.2 Å². The summed E-state index contributed by atoms with van der Waals surface area (Å²) in [6, 6.07) is 15.6. The van der Waals surface area contributed by atoms with E-state index < -0.39 is 5.41 Å². The summed E-state index contributed by atoms with van der Waals surface area (Å²) in [5, 5.41) is 3.36. The van der Waals surface area contributed by atoms with Gasteiger partial charge in [0, 0.05) is 13.2 Å². The molecule has 1 saturated heterocycles. The molecule has 2 aromatic carbocycles. The number of H-pyrrole nitrogens is 1. The lowest BCUT2D eigenvalue weighted by molar-refractivity contribution is -0.131. The number of rotatable bonds is 7. The molecule has 0 saturated carbocycles. The van der Waals surface area contributed by atoms with E-state index in [0.29, 0.717) is 26.1 Å². The third-order valence-corrected chi connectivity index (χ3v) is 6.63. The summed E-state index contributed by atoms with van der Waals surface area (Å²) in [7, 11) is 1.65. The van der Waals surface area contributed by atoms with Crippen LogP contribution in [-0.2, 0) is 14.9 Å². The first-order chi connectivity index (χ1) is 15.1. The van der Waals surface area contributed by atoms with Crippen molar-refractivity contribution in [3.8, 4) is 5.75 Å². The number of fused-ring (bicyclic) bond motifs is 1. The van der Waals surface area contributed by atoms with Gasteiger partial charge in [0.05, 0.1) is 29.6 Å². The molecular formula is C25H31N3O3. The van der Waals surface area contributed by atoms with E-state index in [1.54, 1.807) is 7.11 Å². The summed E-state index contributed by atoms with van der Waals surface area (Å²) >= 11 is 0. The van der Waals surface area contributed by atoms with Crippen molar-refractivity contribution in [2.24, 2.45) is 5.92 Å². The summed E-state index contributed by atoms with van der Waals surface area (Å²) in [5.74, 6) is 1.86. The van der Waals surface area contributed by atoms with Crippen LogP contribution in [0.15, 0.2) is 48.5 Å². The van der Waals surface area contributed by atoms with Crippen molar-refractivity contribution in [2.75, 3.05) is 20.3 Å². The van der Waals surface area contributed by atoms with Crippen molar-refractivity contribution < 1.29 is 14.3 Å². The minimum Gasteiger partial charge on any atom is -0.497 e. The number of carbonyl (C=O) groups is 1. The number of carbonyl (C=O) groups excluding carboxylic acids is 1. The van der Waals surface area contributed by atoms with Gasteiger partial charge in [-0.25, -0.2) is 4.98 Å². The van der Waals surface area contributed by atoms with E-state index in [9.17, 15) is 4.79 Å². The van der Waals surface area contributed by atoms with Gasteiger partial charge in [-0.15, -0.1) is 0 Å². The van der Waals surface area contributed by atoms with Crippen LogP contribution in [0.4, 0.5) is 0 Å². The number of methoxy groups -OCH3 is 1. The third kappa shape index (κ3) is 4.17. The van der Waals surface area contributed by atoms with Crippen LogP contribution in [0, 0.1) is 5.92 Å². The number of benzene rings is 2. The van der Waals surface area contributed by atoms with Gasteiger partial charge in [0.25, 0.3) is 0 Å². The number of aromatic nitrogens is 2. The highest BCUT2D eigenvalue weighted by Gasteiger charge is 2.43. The van der Waals surface area contributed by atoms with Crippen molar-refractivity contribution in [3.05, 3.63) is 59.9 Å². The second-order valence-electron chi connectivity index (χ2n) is 8.40. The Hall–Kier alpha value is -2.86. The number of imidazole rings is 1. The molecule has 0 spiro atoms. The largest absolute Gasteiger partial charge is 0.497 e. The third-order valence-electron chi connectivity index (χ3n) is 6.63. The molecule has 1 amide bonds. The first-order valence-corrected chi connectivity index (χ1v) is 11.1. The number of hydrogen-bond donors (Lipinski definition) is 2. The van der Waals surface area contributed by atoms with E-state index in [4.69, 9.17) is 14.5 Å². The van der Waals surface area contributed by atoms with E-state index in [1.165, 1.54) is 0 Å². The zero-order valence-corrected chi connectivity index (χ0v) is 18.5. The molecule has 31 heavy (non-hydrogen) atoms. The zero-order chi connectivity index (χ0) is 21.8. The summed E-state index contributed by atoms with van der Waals surface area (Å²) in [4.78, 5) is 22.1. The summed E-state index contributed by atoms with van der Waals surface area (Å²) in [6.45, 7) is 5.43. The Morgan fingerprint density at radius 2 is 1.90 bits per heavy atom. The topological polar surface area (TPSA) is 76.2 Å². The van der Waals surface area contributed by atoms with Crippen molar-refractivity contribution in [2.45, 2.75) is 44.6 Å². The maximum absolute atomic E-state index is 13.9. The average Bonchev–Trinajstić information content (AvgIpc) is 3.26. The summed E-state index contributed by atoms with van der Waals surface area (Å²) in [5.41, 5.74) is 2.27. The average molecular weight is 422 g/mol. The van der Waals surface area contributed by atoms with Gasteiger partial charge >= 0.3 is 0 Å². The number of nitrogens with zero attached hydrogens (tertiary/aromatic N) is 1. The maximum atomic E-state index is 13.9. The molecule has 1 aromatic heterocycles. The Bertz CT molecular complexity index is 989. The Morgan fingerprint density at radius 1 is 1.19 bits per heavy atom. The zero-order valence-electron chi connectivity index (χ0n) is 18.5. The predicted octanol–water partition coefficient (Wildman–Crippen LogP) is 4.52. The Kier molecular flexibility index (Phi) is 6.28. The number of amides is 1. The Labute approximate surface area is 183 Å². The fourth-order valence-corrected chi connectivity index (χ4v) is 4.39. The van der Waals surface area contributed by atoms with Gasteiger partial charge in [-0.1, -0.05) is 44.5 Å². The highest BCUT2D eigenvalue weighted by atomic mass is 16.5. The molecule has 0 bridgehead atoms. The second kappa shape index (κ2) is 9.10. The summed E-state index contributed by atoms with van der Waals surface area (Å²) in [6.07, 6.45) is 2.23. The molecule has 0 aliphatic carbocycles. The molecular weight excluding hydrogens is 390 g/mol. The SMILES string of the molecule is CCC(C)C(NC(=O)C1(c2ccc(OC)cc2)CCOCC1)c1nc2ccccc2[nH]1. The molecule has 0 radical (unpaired) electrons. The lowest BCUT2D eigenvalue weighted by atomic mass is 9.73. The number of nitrogens with one attached hydrogen (secondary N) is 2. The van der Waals surface area contributed by atoms with Crippen LogP contribution in [0.3, 0.4) is 0 Å². The molecule has 2 N–H and O–H groups in total. The molecule has 1 aliphatic heterocycles. The fraction of sp³-hybridized carbons (Fsp3) is 0.440. The fourth-order valence-electron chi connectivity index (χ4n) is 4.39. The lowest BCUT2D eigenvalue weighted by Gasteiger charge is -2.38. The van der Waals surface area contributed by atoms with E-state index in [0.717, 1.165) is 34.6 Å². The molecule has 2 heterocycles. The van der Waals surface area contributed by atoms with Gasteiger partial charge in [-0.2, -0.15) is 0 Å². The van der Waals surface area contributed by atoms with Gasteiger partial charge in [0.1, 0.15) is 11.6 Å². The molecule has 6 nitrogen and oxygen atoms in total. The maximum Gasteiger partial charge on any atom is 0.231 e. The minimum absolute atomic E-state index is 0.0340. The van der Waals surface area contributed by atoms with Gasteiger partial charge < -0.3 is 19.8 Å². The highest BCUT2D eigenvalue weighted by molar-refractivity contribution is 5.89. The van der Waals surface area contributed by atoms with Gasteiger partial charge in [0.15, 0.2) is 0 Å². The predicted molar refractivity (Wildman–Crippen MR) is 121 cm³/mol. The van der Waals surface area contributed by atoms with Crippen molar-refractivity contribution in [1.82, 2.24) is 15.3 Å². The van der Waals surface area contributed by atoms with Crippen LogP contribution >= 0.6 is 0 Å². The van der Waals surface area contributed by atoms with Crippen molar-refractivity contribution in [3.63, 3.8) is 0 Å². The minimum atomic E-state index is -0.623. The molecule has 3 aromatic rings. The van der Waals surface area contributed by atoms with E-state index in [1.807, 2.05) is 48.5 Å². The Balaban J connectivity index is 1.67. The molecule has 164 valence electrons. The quantitative estimate of drug-likeness (QED) is 0.588. The molecule has 2 atom stereocenters. The summed E-state index contributed by atoms with van der Waals surface area (Å²) < 4.78 is 10.9. The van der Waals surface area contributed by atoms with Crippen LogP contribution in [0.1, 0.15) is 50.5 Å². The lowest BCUT2D eigenvalue weighted by Crippen LogP contribution is -2.50. The monoisotopic (exact) mass is 421 g/mol. The van der Waals surface area contributed by atoms with Gasteiger partial charge in [-0.3, -0.25) is 4.79 Å². The molecule has 4 rings (SSSR count). The first kappa shape index (κ1) is 21.4. The molecule has 2 unspecified atom stereocenters. The number of ether oxygens (including phenoxy) is 2. The van der Waals surface area contributed by atoms with Gasteiger partial charge in [-0.05, 0) is 48.6 Å². The van der Waals surface area contributed by atoms with Gasteiger partial charge in [0.2, 0.25) is 5.91 Å². The second-order valence-corrected chi connectivity index (χ2v) is 8.40. The van der Waals surface area contributed by atoms with E-state index in [-0.39, 0.29) is 17.9 Å². The molecule has 1 fully saturated rings. The smallest absolute Gasteiger partial charge is 0.231 e. The van der Waals surface area contributed by atoms with Crippen LogP contribution in [0.25, 0.3) is 11.0 Å². The number of aromatic amines is 1. The van der Waals surface area contributed by atoms with E-state index >= 15 is 0 Å². The van der Waals surface area contributed by atoms with Crippen molar-refractivity contribution in [1.29, 1.82) is 0 Å². The number of hydrogen-bond acceptors (Lipinski definition) is 4. The van der Waals surface area contributed by atoms with Crippen LogP contribution in [0.5, 0.6) is 5.75 Å². The highest BCUT2D eigenvalue weighted by Crippen LogP contribution is 2.37. The van der Waals surface area contributed by atoms with Crippen molar-refractivity contribution >= 4 is 16.9 Å². The standard InChI is InChI=1S/C25H31N3O3/c1-4-17(2)22(23-26-20-7-5-6-8-21(20)27-23)28-24(29)25(13-15-31-16-14-25)18-9-11-19(30-3)12-10-18/h5-12,17,22H,4,13-16H2,1-3H3,(H,26,27)(H,28,29). The van der Waals surface area contributed by atoms with E-state index in [2.05, 4.69) is 24.1 Å². The van der Waals surface area contributed by atoms with Crippen LogP contribution in [0.2, 0.25) is 0 Å². The number of para-hydroxylation sites is 2. The first-order valence-electron chi connectivity index (χ1n) is 11.1.